The van der Waals surface area contributed by atoms with Crippen molar-refractivity contribution in [3.05, 3.63) is 34.9 Å². The lowest BCUT2D eigenvalue weighted by Crippen LogP contribution is -2.62. The Morgan fingerprint density at radius 3 is 2.43 bits per heavy atom. The summed E-state index contributed by atoms with van der Waals surface area (Å²) < 4.78 is 0. The molecule has 0 bridgehead atoms. The molecule has 0 radical (unpaired) electrons. The summed E-state index contributed by atoms with van der Waals surface area (Å²) in [7, 11) is 2.22. The van der Waals surface area contributed by atoms with Crippen molar-refractivity contribution in [3.63, 3.8) is 0 Å². The molecule has 0 spiro atoms. The van der Waals surface area contributed by atoms with Gasteiger partial charge >= 0.3 is 0 Å². The molecular formula is C18H29ClN2. The highest BCUT2D eigenvalue weighted by Gasteiger charge is 2.49. The van der Waals surface area contributed by atoms with Crippen LogP contribution in [0.25, 0.3) is 0 Å². The molecule has 2 N–H and O–H groups in total. The summed E-state index contributed by atoms with van der Waals surface area (Å²) in [6.07, 6.45) is 4.98. The summed E-state index contributed by atoms with van der Waals surface area (Å²) >= 11 is 6.40. The Kier molecular flexibility index (Phi) is 5.02. The van der Waals surface area contributed by atoms with Gasteiger partial charge in [0.1, 0.15) is 0 Å². The minimum absolute atomic E-state index is 0.0455. The second-order valence-corrected chi connectivity index (χ2v) is 7.54. The molecule has 2 rings (SSSR count). The molecule has 1 aliphatic carbocycles. The summed E-state index contributed by atoms with van der Waals surface area (Å²) in [6, 6.07) is 8.42. The number of benzene rings is 1. The second-order valence-electron chi connectivity index (χ2n) is 7.14. The average molecular weight is 309 g/mol. The van der Waals surface area contributed by atoms with Crippen molar-refractivity contribution in [1.29, 1.82) is 0 Å². The zero-order chi connectivity index (χ0) is 15.7. The van der Waals surface area contributed by atoms with Gasteiger partial charge in [0.25, 0.3) is 0 Å². The van der Waals surface area contributed by atoms with Gasteiger partial charge in [-0.05, 0) is 43.9 Å². The topological polar surface area (TPSA) is 29.3 Å². The summed E-state index contributed by atoms with van der Waals surface area (Å²) in [5.74, 6) is 0. The summed E-state index contributed by atoms with van der Waals surface area (Å²) in [5.41, 5.74) is 7.76. The summed E-state index contributed by atoms with van der Waals surface area (Å²) in [4.78, 5) is 2.48. The maximum atomic E-state index is 6.40. The van der Waals surface area contributed by atoms with Crippen LogP contribution in [0.4, 0.5) is 0 Å². The molecule has 1 fully saturated rings. The fourth-order valence-electron chi connectivity index (χ4n) is 4.12. The quantitative estimate of drug-likeness (QED) is 0.878. The number of hydrogen-bond donors (Lipinski definition) is 1. The standard InChI is InChI=1S/C18H29ClN2/c1-14(15-9-5-6-10-16(15)19)21(4)18(13-20)12-8-7-11-17(18,2)3/h5-6,9-10,14H,7-8,11-13,20H2,1-4H3. The van der Waals surface area contributed by atoms with E-state index in [1.807, 2.05) is 12.1 Å². The molecule has 2 nitrogen and oxygen atoms in total. The molecule has 0 heterocycles. The fourth-order valence-corrected chi connectivity index (χ4v) is 4.42. The lowest BCUT2D eigenvalue weighted by Gasteiger charge is -2.56. The highest BCUT2D eigenvalue weighted by molar-refractivity contribution is 6.31. The Balaban J connectivity index is 2.36. The van der Waals surface area contributed by atoms with Crippen LogP contribution < -0.4 is 5.73 Å². The van der Waals surface area contributed by atoms with Crippen LogP contribution in [0.1, 0.15) is 58.1 Å². The molecule has 1 aliphatic rings. The second kappa shape index (κ2) is 6.28. The van der Waals surface area contributed by atoms with Crippen LogP contribution in [0.5, 0.6) is 0 Å². The molecule has 2 atom stereocenters. The van der Waals surface area contributed by atoms with Crippen molar-refractivity contribution in [2.75, 3.05) is 13.6 Å². The van der Waals surface area contributed by atoms with Gasteiger partial charge in [0.05, 0.1) is 0 Å². The predicted molar refractivity (Wildman–Crippen MR) is 91.7 cm³/mol. The Hall–Kier alpha value is -0.570. The van der Waals surface area contributed by atoms with E-state index in [0.717, 1.165) is 5.02 Å². The number of likely N-dealkylation sites (N-methyl/N-ethyl adjacent to an activating group) is 1. The Morgan fingerprint density at radius 1 is 1.24 bits per heavy atom. The largest absolute Gasteiger partial charge is 0.329 e. The molecule has 118 valence electrons. The van der Waals surface area contributed by atoms with E-state index in [0.29, 0.717) is 6.54 Å². The third-order valence-corrected chi connectivity index (χ3v) is 6.20. The molecule has 1 saturated carbocycles. The van der Waals surface area contributed by atoms with Crippen molar-refractivity contribution >= 4 is 11.6 Å². The van der Waals surface area contributed by atoms with Gasteiger partial charge in [-0.3, -0.25) is 4.90 Å². The van der Waals surface area contributed by atoms with E-state index in [1.165, 1.54) is 31.2 Å². The molecule has 1 aromatic rings. The van der Waals surface area contributed by atoms with Crippen LogP contribution in [0.15, 0.2) is 24.3 Å². The van der Waals surface area contributed by atoms with E-state index in [2.05, 4.69) is 44.9 Å². The summed E-state index contributed by atoms with van der Waals surface area (Å²) in [5, 5.41) is 0.845. The highest BCUT2D eigenvalue weighted by Crippen LogP contribution is 2.49. The van der Waals surface area contributed by atoms with Crippen molar-refractivity contribution in [2.45, 2.75) is 58.0 Å². The molecule has 3 heteroatoms. The molecule has 1 aromatic carbocycles. The van der Waals surface area contributed by atoms with Crippen LogP contribution in [-0.2, 0) is 0 Å². The van der Waals surface area contributed by atoms with Gasteiger partial charge in [-0.15, -0.1) is 0 Å². The Bertz CT molecular complexity index is 486. The predicted octanol–water partition coefficient (Wildman–Crippen LogP) is 4.63. The number of nitrogens with zero attached hydrogens (tertiary/aromatic N) is 1. The molecule has 0 saturated heterocycles. The smallest absolute Gasteiger partial charge is 0.0453 e. The third-order valence-electron chi connectivity index (χ3n) is 5.85. The van der Waals surface area contributed by atoms with Crippen LogP contribution in [0.2, 0.25) is 5.02 Å². The number of nitrogens with two attached hydrogens (primary N) is 1. The molecule has 0 aliphatic heterocycles. The number of halogens is 1. The number of rotatable bonds is 4. The van der Waals surface area contributed by atoms with Gasteiger partial charge in [0.2, 0.25) is 0 Å². The molecule has 0 amide bonds. The first-order chi connectivity index (χ1) is 9.85. The lowest BCUT2D eigenvalue weighted by molar-refractivity contribution is -0.0491. The van der Waals surface area contributed by atoms with Crippen LogP contribution in [0, 0.1) is 5.41 Å². The molecule has 2 unspecified atom stereocenters. The van der Waals surface area contributed by atoms with Crippen molar-refractivity contribution < 1.29 is 0 Å². The van der Waals surface area contributed by atoms with Crippen LogP contribution >= 0.6 is 11.6 Å². The SMILES string of the molecule is CC(c1ccccc1Cl)N(C)C1(CN)CCCCC1(C)C. The zero-order valence-corrected chi connectivity index (χ0v) is 14.6. The van der Waals surface area contributed by atoms with E-state index < -0.39 is 0 Å². The number of hydrogen-bond acceptors (Lipinski definition) is 2. The van der Waals surface area contributed by atoms with Crippen molar-refractivity contribution in [3.8, 4) is 0 Å². The Morgan fingerprint density at radius 2 is 1.86 bits per heavy atom. The first-order valence-corrected chi connectivity index (χ1v) is 8.41. The van der Waals surface area contributed by atoms with E-state index in [1.54, 1.807) is 0 Å². The third kappa shape index (κ3) is 2.86. The van der Waals surface area contributed by atoms with Gasteiger partial charge < -0.3 is 5.73 Å². The maximum Gasteiger partial charge on any atom is 0.0453 e. The molecular weight excluding hydrogens is 280 g/mol. The van der Waals surface area contributed by atoms with Crippen molar-refractivity contribution in [2.24, 2.45) is 11.1 Å². The first kappa shape index (κ1) is 16.8. The van der Waals surface area contributed by atoms with Crippen LogP contribution in [0.3, 0.4) is 0 Å². The van der Waals surface area contributed by atoms with E-state index >= 15 is 0 Å². The zero-order valence-electron chi connectivity index (χ0n) is 13.8. The maximum absolute atomic E-state index is 6.40. The lowest BCUT2D eigenvalue weighted by atomic mass is 9.62. The minimum Gasteiger partial charge on any atom is -0.329 e. The molecule has 21 heavy (non-hydrogen) atoms. The first-order valence-electron chi connectivity index (χ1n) is 8.03. The van der Waals surface area contributed by atoms with Crippen LogP contribution in [-0.4, -0.2) is 24.0 Å². The Labute approximate surface area is 134 Å². The highest BCUT2D eigenvalue weighted by atomic mass is 35.5. The van der Waals surface area contributed by atoms with Gasteiger partial charge in [-0.2, -0.15) is 0 Å². The summed E-state index contributed by atoms with van der Waals surface area (Å²) in [6.45, 7) is 7.68. The van der Waals surface area contributed by atoms with Gasteiger partial charge in [-0.25, -0.2) is 0 Å². The fraction of sp³-hybridized carbons (Fsp3) is 0.667. The van der Waals surface area contributed by atoms with Gasteiger partial charge in [0, 0.05) is 23.1 Å². The van der Waals surface area contributed by atoms with Crippen molar-refractivity contribution in [1.82, 2.24) is 4.90 Å². The van der Waals surface area contributed by atoms with E-state index in [9.17, 15) is 0 Å². The van der Waals surface area contributed by atoms with Gasteiger partial charge in [-0.1, -0.05) is 56.5 Å². The average Bonchev–Trinajstić information content (AvgIpc) is 2.46. The van der Waals surface area contributed by atoms with E-state index in [4.69, 9.17) is 17.3 Å². The van der Waals surface area contributed by atoms with E-state index in [-0.39, 0.29) is 17.0 Å². The van der Waals surface area contributed by atoms with Gasteiger partial charge in [0.15, 0.2) is 0 Å². The monoisotopic (exact) mass is 308 g/mol. The molecule has 0 aromatic heterocycles. The minimum atomic E-state index is 0.0455. The normalized spacial score (nSPS) is 26.8.